The summed E-state index contributed by atoms with van der Waals surface area (Å²) in [6.45, 7) is 3.86. The second-order valence-electron chi connectivity index (χ2n) is 7.39. The highest BCUT2D eigenvalue weighted by Crippen LogP contribution is 2.22. The number of aryl methyl sites for hydroxylation is 1. The fraction of sp³-hybridized carbons (Fsp3) is 0.421. The van der Waals surface area contributed by atoms with E-state index in [9.17, 15) is 9.59 Å². The summed E-state index contributed by atoms with van der Waals surface area (Å²) in [7, 11) is 5.19. The second-order valence-corrected chi connectivity index (χ2v) is 7.80. The molecule has 1 saturated heterocycles. The van der Waals surface area contributed by atoms with E-state index in [1.165, 1.54) is 11.6 Å². The van der Waals surface area contributed by atoms with Crippen LogP contribution in [-0.4, -0.2) is 61.8 Å². The largest absolute Gasteiger partial charge is 0.332 e. The predicted molar refractivity (Wildman–Crippen MR) is 113 cm³/mol. The minimum absolute atomic E-state index is 0.349. The van der Waals surface area contributed by atoms with Crippen LogP contribution in [0.5, 0.6) is 0 Å². The smallest absolute Gasteiger partial charge is 0.304 e. The Morgan fingerprint density at radius 1 is 1.03 bits per heavy atom. The molecule has 154 valence electrons. The van der Waals surface area contributed by atoms with Gasteiger partial charge in [-0.05, 0) is 18.7 Å². The van der Waals surface area contributed by atoms with Gasteiger partial charge in [0.15, 0.2) is 11.2 Å². The third-order valence-electron chi connectivity index (χ3n) is 5.40. The number of rotatable bonds is 4. The normalized spacial score (nSPS) is 15.9. The van der Waals surface area contributed by atoms with Gasteiger partial charge in [0.05, 0.1) is 6.54 Å². The van der Waals surface area contributed by atoms with Crippen molar-refractivity contribution in [3.8, 4) is 0 Å². The molecule has 3 aromatic rings. The summed E-state index contributed by atoms with van der Waals surface area (Å²) in [4.78, 5) is 32.2. The van der Waals surface area contributed by atoms with Crippen molar-refractivity contribution in [2.75, 3.05) is 38.7 Å². The van der Waals surface area contributed by atoms with E-state index >= 15 is 0 Å². The number of hydrazine groups is 1. The van der Waals surface area contributed by atoms with Crippen molar-refractivity contribution in [3.63, 3.8) is 0 Å². The first kappa shape index (κ1) is 19.7. The zero-order valence-electron chi connectivity index (χ0n) is 16.7. The van der Waals surface area contributed by atoms with Gasteiger partial charge in [-0.25, -0.2) is 9.80 Å². The van der Waals surface area contributed by atoms with E-state index in [2.05, 4.69) is 27.4 Å². The molecule has 3 heterocycles. The summed E-state index contributed by atoms with van der Waals surface area (Å²) in [5, 5.41) is 2.69. The van der Waals surface area contributed by atoms with Crippen LogP contribution >= 0.6 is 11.6 Å². The van der Waals surface area contributed by atoms with Crippen LogP contribution in [0.15, 0.2) is 33.9 Å². The molecule has 0 bridgehead atoms. The maximum Gasteiger partial charge on any atom is 0.332 e. The molecule has 1 aromatic carbocycles. The summed E-state index contributed by atoms with van der Waals surface area (Å²) in [5.74, 6) is 0.516. The number of hydrogen-bond acceptors (Lipinski definition) is 6. The molecule has 1 aliphatic heterocycles. The van der Waals surface area contributed by atoms with Crippen LogP contribution in [0.4, 0.5) is 5.95 Å². The number of anilines is 1. The molecule has 10 heteroatoms. The number of benzene rings is 1. The quantitative estimate of drug-likeness (QED) is 0.673. The molecule has 1 aliphatic rings. The highest BCUT2D eigenvalue weighted by atomic mass is 35.5. The Hall–Kier alpha value is -2.62. The molecule has 0 amide bonds. The Morgan fingerprint density at radius 2 is 1.72 bits per heavy atom. The number of nitrogens with one attached hydrogen (secondary N) is 1. The molecule has 4 rings (SSSR count). The Bertz CT molecular complexity index is 1170. The molecular formula is C19H24ClN7O2. The Labute approximate surface area is 172 Å². The average molecular weight is 418 g/mol. The van der Waals surface area contributed by atoms with Gasteiger partial charge in [-0.1, -0.05) is 29.8 Å². The Balaban J connectivity index is 1.86. The minimum atomic E-state index is -0.406. The van der Waals surface area contributed by atoms with Gasteiger partial charge in [-0.3, -0.25) is 23.9 Å². The number of hydrogen-bond donors (Lipinski definition) is 1. The maximum absolute atomic E-state index is 13.0. The molecule has 1 fully saturated rings. The summed E-state index contributed by atoms with van der Waals surface area (Å²) in [5.41, 5.74) is 4.14. The number of likely N-dealkylation sites (N-methyl/N-ethyl adjacent to an activating group) is 1. The van der Waals surface area contributed by atoms with Gasteiger partial charge in [0.2, 0.25) is 5.95 Å². The summed E-state index contributed by atoms with van der Waals surface area (Å²) in [6, 6.07) is 7.50. The molecule has 1 N–H and O–H groups in total. The number of imidazole rings is 1. The van der Waals surface area contributed by atoms with Crippen LogP contribution < -0.4 is 16.7 Å². The number of piperazine rings is 1. The predicted octanol–water partition coefficient (Wildman–Crippen LogP) is 0.710. The van der Waals surface area contributed by atoms with E-state index in [0.717, 1.165) is 36.3 Å². The van der Waals surface area contributed by atoms with Crippen molar-refractivity contribution in [1.29, 1.82) is 0 Å². The fourth-order valence-corrected chi connectivity index (χ4v) is 3.74. The van der Waals surface area contributed by atoms with Crippen LogP contribution in [0.3, 0.4) is 0 Å². The first-order chi connectivity index (χ1) is 13.9. The van der Waals surface area contributed by atoms with Crippen LogP contribution in [-0.2, 0) is 20.6 Å². The zero-order valence-corrected chi connectivity index (χ0v) is 17.5. The third kappa shape index (κ3) is 3.57. The molecule has 0 atom stereocenters. The number of aromatic nitrogens is 4. The van der Waals surface area contributed by atoms with Gasteiger partial charge >= 0.3 is 5.69 Å². The van der Waals surface area contributed by atoms with E-state index in [4.69, 9.17) is 11.6 Å². The molecule has 0 unspecified atom stereocenters. The van der Waals surface area contributed by atoms with Crippen molar-refractivity contribution >= 4 is 28.7 Å². The van der Waals surface area contributed by atoms with Crippen LogP contribution in [0.25, 0.3) is 11.2 Å². The molecule has 29 heavy (non-hydrogen) atoms. The van der Waals surface area contributed by atoms with Crippen molar-refractivity contribution < 1.29 is 0 Å². The van der Waals surface area contributed by atoms with E-state index in [-0.39, 0.29) is 5.56 Å². The standard InChI is InChI=1S/C19H24ClN7O2/c1-23-8-10-26(11-9-23)22-18-21-16-15(17(28)25(3)19(29)24(16)2)27(18)12-13-6-4-5-7-14(13)20/h4-7H,8-12H2,1-3H3,(H,21,22). The zero-order chi connectivity index (χ0) is 20.7. The lowest BCUT2D eigenvalue weighted by Crippen LogP contribution is -2.47. The molecule has 0 radical (unpaired) electrons. The Morgan fingerprint density at radius 3 is 2.41 bits per heavy atom. The van der Waals surface area contributed by atoms with Gasteiger partial charge in [0, 0.05) is 45.3 Å². The number of fused-ring (bicyclic) bond motifs is 1. The lowest BCUT2D eigenvalue weighted by Gasteiger charge is -2.32. The van der Waals surface area contributed by atoms with Gasteiger partial charge < -0.3 is 4.90 Å². The average Bonchev–Trinajstić information content (AvgIpc) is 3.06. The first-order valence-electron chi connectivity index (χ1n) is 9.46. The SMILES string of the molecule is CN1CCN(Nc2nc3c(c(=O)n(C)c(=O)n3C)n2Cc2ccccc2Cl)CC1. The van der Waals surface area contributed by atoms with Crippen molar-refractivity contribution in [2.45, 2.75) is 6.54 Å². The minimum Gasteiger partial charge on any atom is -0.304 e. The van der Waals surface area contributed by atoms with Gasteiger partial charge in [0.1, 0.15) is 0 Å². The summed E-state index contributed by atoms with van der Waals surface area (Å²) >= 11 is 6.37. The van der Waals surface area contributed by atoms with Crippen molar-refractivity contribution in [1.82, 2.24) is 28.6 Å². The fourth-order valence-electron chi connectivity index (χ4n) is 3.54. The molecular weight excluding hydrogens is 394 g/mol. The van der Waals surface area contributed by atoms with Crippen molar-refractivity contribution in [3.05, 3.63) is 55.7 Å². The summed E-state index contributed by atoms with van der Waals surface area (Å²) in [6.07, 6.45) is 0. The van der Waals surface area contributed by atoms with Gasteiger partial charge in [-0.15, -0.1) is 0 Å². The van der Waals surface area contributed by atoms with Crippen molar-refractivity contribution in [2.24, 2.45) is 14.1 Å². The lowest BCUT2D eigenvalue weighted by atomic mass is 10.2. The third-order valence-corrected chi connectivity index (χ3v) is 5.76. The topological polar surface area (TPSA) is 80.3 Å². The number of halogens is 1. The highest BCUT2D eigenvalue weighted by molar-refractivity contribution is 6.31. The molecule has 2 aromatic heterocycles. The number of nitrogens with zero attached hydrogens (tertiary/aromatic N) is 6. The maximum atomic E-state index is 13.0. The second kappa shape index (κ2) is 7.66. The molecule has 0 saturated carbocycles. The molecule has 0 aliphatic carbocycles. The summed E-state index contributed by atoms with van der Waals surface area (Å²) < 4.78 is 4.30. The van der Waals surface area contributed by atoms with Gasteiger partial charge in [-0.2, -0.15) is 4.98 Å². The van der Waals surface area contributed by atoms with E-state index < -0.39 is 5.69 Å². The highest BCUT2D eigenvalue weighted by Gasteiger charge is 2.22. The first-order valence-corrected chi connectivity index (χ1v) is 9.84. The van der Waals surface area contributed by atoms with Crippen LogP contribution in [0.1, 0.15) is 5.56 Å². The van der Waals surface area contributed by atoms with E-state index in [1.807, 2.05) is 24.3 Å². The molecule has 0 spiro atoms. The molecule has 9 nitrogen and oxygen atoms in total. The lowest BCUT2D eigenvalue weighted by molar-refractivity contribution is 0.177. The van der Waals surface area contributed by atoms with E-state index in [1.54, 1.807) is 11.6 Å². The Kier molecular flexibility index (Phi) is 5.20. The van der Waals surface area contributed by atoms with Crippen LogP contribution in [0, 0.1) is 0 Å². The van der Waals surface area contributed by atoms with E-state index in [0.29, 0.717) is 28.7 Å². The van der Waals surface area contributed by atoms with Crippen LogP contribution in [0.2, 0.25) is 5.02 Å². The van der Waals surface area contributed by atoms with Gasteiger partial charge in [0.25, 0.3) is 5.56 Å². The monoisotopic (exact) mass is 417 g/mol.